The molecular formula is C11H18ClNO2S. The van der Waals surface area contributed by atoms with Gasteiger partial charge in [-0.1, -0.05) is 49.9 Å². The molecule has 0 aliphatic carbocycles. The van der Waals surface area contributed by atoms with Crippen molar-refractivity contribution in [2.45, 2.75) is 26.9 Å². The first-order valence-electron chi connectivity index (χ1n) is 5.22. The van der Waals surface area contributed by atoms with Crippen LogP contribution in [-0.2, 0) is 9.53 Å². The van der Waals surface area contributed by atoms with E-state index < -0.39 is 0 Å². The lowest BCUT2D eigenvalue weighted by atomic mass is 10.4. The average molecular weight is 264 g/mol. The summed E-state index contributed by atoms with van der Waals surface area (Å²) in [5, 5.41) is 2.75. The molecule has 92 valence electrons. The number of halogens is 1. The van der Waals surface area contributed by atoms with Crippen LogP contribution in [0.2, 0.25) is 0 Å². The van der Waals surface area contributed by atoms with Crippen LogP contribution in [0.15, 0.2) is 21.9 Å². The van der Waals surface area contributed by atoms with Crippen molar-refractivity contribution in [2.75, 3.05) is 13.2 Å². The Hall–Kier alpha value is -0.450. The molecule has 1 fully saturated rings. The Morgan fingerprint density at radius 2 is 2.25 bits per heavy atom. The van der Waals surface area contributed by atoms with Gasteiger partial charge in [0.15, 0.2) is 0 Å². The maximum atomic E-state index is 11.5. The zero-order valence-corrected chi connectivity index (χ0v) is 11.5. The summed E-state index contributed by atoms with van der Waals surface area (Å²) >= 11 is 6.75. The number of epoxide rings is 1. The summed E-state index contributed by atoms with van der Waals surface area (Å²) < 4.78 is 5.35. The van der Waals surface area contributed by atoms with Crippen LogP contribution in [-0.4, -0.2) is 25.2 Å². The van der Waals surface area contributed by atoms with Crippen molar-refractivity contribution in [3.05, 3.63) is 21.9 Å². The lowest BCUT2D eigenvalue weighted by Crippen LogP contribution is -2.27. The normalized spacial score (nSPS) is 18.2. The maximum absolute atomic E-state index is 11.5. The summed E-state index contributed by atoms with van der Waals surface area (Å²) in [5.41, 5.74) is 0. The van der Waals surface area contributed by atoms with Crippen LogP contribution in [0.25, 0.3) is 0 Å². The highest BCUT2D eigenvalue weighted by molar-refractivity contribution is 8.08. The van der Waals surface area contributed by atoms with Gasteiger partial charge in [-0.3, -0.25) is 4.79 Å². The fourth-order valence-corrected chi connectivity index (χ4v) is 1.61. The van der Waals surface area contributed by atoms with E-state index in [0.717, 1.165) is 18.4 Å². The first kappa shape index (κ1) is 15.6. The predicted molar refractivity (Wildman–Crippen MR) is 70.4 cm³/mol. The molecule has 0 spiro atoms. The zero-order chi connectivity index (χ0) is 12.6. The van der Waals surface area contributed by atoms with Gasteiger partial charge in [-0.25, -0.2) is 0 Å². The molecule has 0 saturated carbocycles. The molecule has 1 rings (SSSR count). The van der Waals surface area contributed by atoms with Crippen LogP contribution in [0, 0.1) is 0 Å². The van der Waals surface area contributed by atoms with Crippen molar-refractivity contribution >= 4 is 29.3 Å². The fraction of sp³-hybridized carbons (Fsp3) is 0.545. The number of hydrogen-bond donors (Lipinski definition) is 1. The monoisotopic (exact) mass is 263 g/mol. The fourth-order valence-electron chi connectivity index (χ4n) is 0.835. The first-order chi connectivity index (χ1) is 7.63. The van der Waals surface area contributed by atoms with Gasteiger partial charge in [-0.15, -0.1) is 0 Å². The van der Waals surface area contributed by atoms with Gasteiger partial charge in [-0.05, 0) is 6.92 Å². The molecule has 1 unspecified atom stereocenters. The van der Waals surface area contributed by atoms with Crippen LogP contribution in [0.1, 0.15) is 20.8 Å². The van der Waals surface area contributed by atoms with Gasteiger partial charge in [0.05, 0.1) is 22.0 Å². The third-order valence-corrected chi connectivity index (χ3v) is 2.69. The van der Waals surface area contributed by atoms with Gasteiger partial charge in [0.1, 0.15) is 0 Å². The number of carbonyl (C=O) groups excluding carboxylic acids is 1. The standard InChI is InChI=1S/C9H12ClNO2S.C2H6/c1-3-8(14-6(2)10)9(12)11-4-7-5-13-7;1-2/h3,7H,2,4-5H2,1H3,(H,11,12);1-2H3/b8-3-;. The Kier molecular flexibility index (Phi) is 8.43. The summed E-state index contributed by atoms with van der Waals surface area (Å²) in [6.07, 6.45) is 1.91. The van der Waals surface area contributed by atoms with E-state index in [9.17, 15) is 4.79 Å². The second kappa shape index (κ2) is 8.67. The van der Waals surface area contributed by atoms with Crippen molar-refractivity contribution in [3.8, 4) is 0 Å². The van der Waals surface area contributed by atoms with Gasteiger partial charge in [0.25, 0.3) is 5.91 Å². The van der Waals surface area contributed by atoms with E-state index in [1.165, 1.54) is 0 Å². The molecule has 1 heterocycles. The molecule has 0 bridgehead atoms. The highest BCUT2D eigenvalue weighted by Crippen LogP contribution is 2.26. The summed E-state index contributed by atoms with van der Waals surface area (Å²) in [5.74, 6) is -0.130. The Bertz CT molecular complexity index is 275. The van der Waals surface area contributed by atoms with E-state index in [2.05, 4.69) is 11.9 Å². The topological polar surface area (TPSA) is 41.6 Å². The number of carbonyl (C=O) groups is 1. The van der Waals surface area contributed by atoms with E-state index in [-0.39, 0.29) is 12.0 Å². The summed E-state index contributed by atoms with van der Waals surface area (Å²) in [6, 6.07) is 0. The van der Waals surface area contributed by atoms with Crippen molar-refractivity contribution < 1.29 is 9.53 Å². The number of hydrogen-bond acceptors (Lipinski definition) is 3. The quantitative estimate of drug-likeness (QED) is 0.613. The van der Waals surface area contributed by atoms with Crippen LogP contribution < -0.4 is 5.32 Å². The maximum Gasteiger partial charge on any atom is 0.257 e. The third-order valence-electron chi connectivity index (χ3n) is 1.60. The smallest absolute Gasteiger partial charge is 0.257 e. The lowest BCUT2D eigenvalue weighted by Gasteiger charge is -2.05. The first-order valence-corrected chi connectivity index (χ1v) is 6.41. The number of ether oxygens (including phenoxy) is 1. The number of allylic oxidation sites excluding steroid dienone is 1. The SMILES string of the molecule is C=C(Cl)S/C(=C\C)C(=O)NCC1CO1.CC. The number of rotatable bonds is 5. The van der Waals surface area contributed by atoms with E-state index >= 15 is 0 Å². The van der Waals surface area contributed by atoms with Crippen LogP contribution >= 0.6 is 23.4 Å². The molecule has 16 heavy (non-hydrogen) atoms. The van der Waals surface area contributed by atoms with E-state index in [4.69, 9.17) is 16.3 Å². The van der Waals surface area contributed by atoms with Gasteiger partial charge in [-0.2, -0.15) is 0 Å². The Balaban J connectivity index is 0.00000106. The minimum absolute atomic E-state index is 0.130. The molecular weight excluding hydrogens is 246 g/mol. The Labute approximate surface area is 106 Å². The molecule has 0 radical (unpaired) electrons. The molecule has 1 saturated heterocycles. The van der Waals surface area contributed by atoms with E-state index in [0.29, 0.717) is 15.8 Å². The largest absolute Gasteiger partial charge is 0.371 e. The minimum atomic E-state index is -0.130. The molecule has 1 aliphatic rings. The average Bonchev–Trinajstić information content (AvgIpc) is 3.09. The lowest BCUT2D eigenvalue weighted by molar-refractivity contribution is -0.116. The molecule has 0 aromatic rings. The Morgan fingerprint density at radius 1 is 1.69 bits per heavy atom. The molecule has 0 aromatic carbocycles. The van der Waals surface area contributed by atoms with Gasteiger partial charge >= 0.3 is 0 Å². The third kappa shape index (κ3) is 6.93. The second-order valence-electron chi connectivity index (χ2n) is 2.78. The second-order valence-corrected chi connectivity index (χ2v) is 4.59. The molecule has 0 aromatic heterocycles. The molecule has 1 amide bonds. The van der Waals surface area contributed by atoms with Crippen molar-refractivity contribution in [1.29, 1.82) is 0 Å². The molecule has 3 nitrogen and oxygen atoms in total. The Morgan fingerprint density at radius 3 is 2.62 bits per heavy atom. The summed E-state index contributed by atoms with van der Waals surface area (Å²) in [6.45, 7) is 10.6. The van der Waals surface area contributed by atoms with Crippen molar-refractivity contribution in [3.63, 3.8) is 0 Å². The van der Waals surface area contributed by atoms with Crippen molar-refractivity contribution in [2.24, 2.45) is 0 Å². The van der Waals surface area contributed by atoms with E-state index in [1.807, 2.05) is 13.8 Å². The minimum Gasteiger partial charge on any atom is -0.371 e. The molecule has 5 heteroatoms. The number of nitrogens with one attached hydrogen (secondary N) is 1. The van der Waals surface area contributed by atoms with Crippen LogP contribution in [0.3, 0.4) is 0 Å². The zero-order valence-electron chi connectivity index (χ0n) is 9.88. The highest BCUT2D eigenvalue weighted by Gasteiger charge is 2.23. The van der Waals surface area contributed by atoms with Crippen molar-refractivity contribution in [1.82, 2.24) is 5.32 Å². The summed E-state index contributed by atoms with van der Waals surface area (Å²) in [4.78, 5) is 12.0. The van der Waals surface area contributed by atoms with Gasteiger partial charge in [0.2, 0.25) is 0 Å². The molecule has 1 aliphatic heterocycles. The highest BCUT2D eigenvalue weighted by atomic mass is 35.5. The molecule has 1 atom stereocenters. The van der Waals surface area contributed by atoms with E-state index in [1.54, 1.807) is 13.0 Å². The summed E-state index contributed by atoms with van der Waals surface area (Å²) in [7, 11) is 0. The number of amides is 1. The van der Waals surface area contributed by atoms with Crippen LogP contribution in [0.4, 0.5) is 0 Å². The van der Waals surface area contributed by atoms with Gasteiger partial charge in [0, 0.05) is 6.54 Å². The van der Waals surface area contributed by atoms with Gasteiger partial charge < -0.3 is 10.1 Å². The predicted octanol–water partition coefficient (Wildman–Crippen LogP) is 2.87. The molecule has 1 N–H and O–H groups in total. The number of thioether (sulfide) groups is 1. The van der Waals surface area contributed by atoms with Crippen LogP contribution in [0.5, 0.6) is 0 Å².